The van der Waals surface area contributed by atoms with Crippen LogP contribution in [-0.2, 0) is 12.6 Å². The summed E-state index contributed by atoms with van der Waals surface area (Å²) in [4.78, 5) is 22.0. The van der Waals surface area contributed by atoms with Crippen molar-refractivity contribution in [2.75, 3.05) is 0 Å². The molecule has 2 aromatic carbocycles. The van der Waals surface area contributed by atoms with Gasteiger partial charge in [0.15, 0.2) is 10.2 Å². The minimum Gasteiger partial charge on any atom is -0.696 e. The number of hydrogen-bond acceptors (Lipinski definition) is 7. The van der Waals surface area contributed by atoms with Crippen LogP contribution in [0.1, 0.15) is 59.2 Å². The zero-order valence-electron chi connectivity index (χ0n) is 21.8. The van der Waals surface area contributed by atoms with Crippen molar-refractivity contribution < 1.29 is 61.0 Å². The summed E-state index contributed by atoms with van der Waals surface area (Å²) in [6.07, 6.45) is 7.28. The second kappa shape index (κ2) is 22.4. The third-order valence-electron chi connectivity index (χ3n) is 4.72. The van der Waals surface area contributed by atoms with Crippen molar-refractivity contribution in [2.24, 2.45) is 11.5 Å². The quantitative estimate of drug-likeness (QED) is 0.107. The Bertz CT molecular complexity index is 1060. The molecule has 1 amide bonds. The van der Waals surface area contributed by atoms with Gasteiger partial charge in [-0.2, -0.15) is 0 Å². The van der Waals surface area contributed by atoms with E-state index >= 15 is 0 Å². The Morgan fingerprint density at radius 2 is 1.26 bits per heavy atom. The van der Waals surface area contributed by atoms with Gasteiger partial charge in [0, 0.05) is 29.3 Å². The predicted molar refractivity (Wildman–Crippen MR) is 162 cm³/mol. The van der Waals surface area contributed by atoms with Crippen LogP contribution in [0.25, 0.3) is 0 Å². The number of benzene rings is 2. The SMILES string of the molecule is N#C[S-].NC(=S)NC1CC1.NC1CC1.O=C(Cl)c1ccccc1.O=C(NC(=S)NC1CC1)c1ccccc1.[K+]. The molecule has 0 heterocycles. The van der Waals surface area contributed by atoms with E-state index in [4.69, 9.17) is 40.5 Å². The molecule has 0 aliphatic heterocycles. The van der Waals surface area contributed by atoms with Crippen molar-refractivity contribution in [1.29, 1.82) is 5.26 Å². The summed E-state index contributed by atoms with van der Waals surface area (Å²) in [7, 11) is 0. The predicted octanol–water partition coefficient (Wildman–Crippen LogP) is 0.627. The molecule has 3 saturated carbocycles. The number of nitrogens with one attached hydrogen (secondary N) is 3. The van der Waals surface area contributed by atoms with Gasteiger partial charge >= 0.3 is 51.4 Å². The van der Waals surface area contributed by atoms with E-state index < -0.39 is 5.24 Å². The van der Waals surface area contributed by atoms with E-state index in [-0.39, 0.29) is 57.3 Å². The molecule has 39 heavy (non-hydrogen) atoms. The third kappa shape index (κ3) is 23.2. The molecule has 0 unspecified atom stereocenters. The molecule has 8 nitrogen and oxygen atoms in total. The van der Waals surface area contributed by atoms with E-state index in [9.17, 15) is 9.59 Å². The van der Waals surface area contributed by atoms with Crippen molar-refractivity contribution >= 4 is 70.0 Å². The molecule has 0 bridgehead atoms. The maximum atomic E-state index is 11.6. The summed E-state index contributed by atoms with van der Waals surface area (Å²) in [5, 5.41) is 17.5. The minimum absolute atomic E-state index is 0. The second-order valence-corrected chi connectivity index (χ2v) is 9.79. The van der Waals surface area contributed by atoms with E-state index in [1.54, 1.807) is 36.4 Å². The average molecular weight is 631 g/mol. The Morgan fingerprint density at radius 3 is 1.54 bits per heavy atom. The molecule has 7 N–H and O–H groups in total. The summed E-state index contributed by atoms with van der Waals surface area (Å²) >= 11 is 18.4. The van der Waals surface area contributed by atoms with Crippen LogP contribution in [0.4, 0.5) is 0 Å². The number of nitrogens with two attached hydrogens (primary N) is 2. The molecule has 0 saturated heterocycles. The minimum atomic E-state index is -0.407. The van der Waals surface area contributed by atoms with Gasteiger partial charge in [-0.1, -0.05) is 53.9 Å². The number of amides is 1. The van der Waals surface area contributed by atoms with E-state index in [0.717, 1.165) is 12.8 Å². The van der Waals surface area contributed by atoms with Crippen LogP contribution in [0.5, 0.6) is 0 Å². The summed E-state index contributed by atoms with van der Waals surface area (Å²) in [5.41, 5.74) is 11.5. The van der Waals surface area contributed by atoms with Gasteiger partial charge in [-0.25, -0.2) is 5.26 Å². The molecule has 2 aromatic rings. The summed E-state index contributed by atoms with van der Waals surface area (Å²) in [6.45, 7) is 0. The molecule has 204 valence electrons. The standard InChI is InChI=1S/C11H12N2OS.C7H5ClO.C4H8N2S.C3H7N.CHNS.K/c14-10(8-4-2-1-3-5-8)13-11(15)12-9-6-7-9;8-7(9)6-4-2-1-3-5-6;5-4(7)6-3-1-2-3;4-3-1-2-3;2-1-3;/h1-5,9H,6-7H2,(H2,12,13,14,15);1-5H;3H,1-2H2,(H3,5,6,7);3H,1-2,4H2;3H;/q;;;;;+1/p-1. The zero-order valence-corrected chi connectivity index (χ0v) is 28.1. The number of nitrogens with zero attached hydrogens (tertiary/aromatic N) is 1. The maximum absolute atomic E-state index is 11.6. The molecule has 0 radical (unpaired) electrons. The van der Waals surface area contributed by atoms with Crippen LogP contribution in [0.15, 0.2) is 60.7 Å². The molecule has 13 heteroatoms. The fraction of sp³-hybridized carbons (Fsp3) is 0.346. The number of halogens is 1. The Kier molecular flexibility index (Phi) is 21.7. The molecule has 3 aliphatic rings. The van der Waals surface area contributed by atoms with Gasteiger partial charge in [0.05, 0.1) is 0 Å². The molecule has 0 aromatic heterocycles. The first kappa shape index (κ1) is 37.8. The normalized spacial score (nSPS) is 13.9. The summed E-state index contributed by atoms with van der Waals surface area (Å²) in [5.74, 6) is -0.159. The van der Waals surface area contributed by atoms with Crippen molar-refractivity contribution in [3.05, 3.63) is 71.8 Å². The van der Waals surface area contributed by atoms with Crippen LogP contribution in [-0.4, -0.2) is 39.5 Å². The van der Waals surface area contributed by atoms with Crippen molar-refractivity contribution in [2.45, 2.75) is 56.7 Å². The monoisotopic (exact) mass is 630 g/mol. The largest absolute Gasteiger partial charge is 1.00 e. The first-order valence-corrected chi connectivity index (χ1v) is 13.5. The van der Waals surface area contributed by atoms with Crippen LogP contribution in [0.2, 0.25) is 0 Å². The number of hydrogen-bond donors (Lipinski definition) is 5. The second-order valence-electron chi connectivity index (χ2n) is 8.42. The molecule has 3 aliphatic carbocycles. The topological polar surface area (TPSA) is 146 Å². The molecular weight excluding hydrogens is 599 g/mol. The first-order chi connectivity index (χ1) is 18.2. The van der Waals surface area contributed by atoms with Gasteiger partial charge in [-0.05, 0) is 86.7 Å². The van der Waals surface area contributed by atoms with E-state index in [2.05, 4.69) is 40.8 Å². The fourth-order valence-corrected chi connectivity index (χ4v) is 2.86. The van der Waals surface area contributed by atoms with E-state index in [1.807, 2.05) is 24.3 Å². The third-order valence-corrected chi connectivity index (χ3v) is 5.28. The summed E-state index contributed by atoms with van der Waals surface area (Å²) in [6, 6.07) is 19.4. The van der Waals surface area contributed by atoms with Crippen LogP contribution < -0.4 is 78.8 Å². The molecule has 5 rings (SSSR count). The zero-order chi connectivity index (χ0) is 28.3. The number of carbonyl (C=O) groups is 2. The van der Waals surface area contributed by atoms with Crippen LogP contribution in [0.3, 0.4) is 0 Å². The number of thiocyanates is 1. The average Bonchev–Trinajstić information content (AvgIpc) is 3.73. The van der Waals surface area contributed by atoms with Crippen molar-refractivity contribution in [3.8, 4) is 5.40 Å². The van der Waals surface area contributed by atoms with Gasteiger partial charge < -0.3 is 34.7 Å². The number of thiocarbonyl (C=S) groups is 2. The Labute approximate surface area is 294 Å². The smallest absolute Gasteiger partial charge is 0.696 e. The fourth-order valence-electron chi connectivity index (χ4n) is 2.31. The number of nitriles is 1. The van der Waals surface area contributed by atoms with Gasteiger partial charge in [0.1, 0.15) is 0 Å². The van der Waals surface area contributed by atoms with E-state index in [0.29, 0.717) is 39.5 Å². The van der Waals surface area contributed by atoms with Gasteiger partial charge in [0.25, 0.3) is 11.1 Å². The van der Waals surface area contributed by atoms with Crippen LogP contribution in [0, 0.1) is 10.7 Å². The van der Waals surface area contributed by atoms with E-state index in [1.165, 1.54) is 31.1 Å². The molecular formula is C26H32ClKN6O2S3. The Morgan fingerprint density at radius 1 is 0.872 bits per heavy atom. The van der Waals surface area contributed by atoms with Gasteiger partial charge in [-0.3, -0.25) is 14.9 Å². The van der Waals surface area contributed by atoms with Gasteiger partial charge in [-0.15, -0.1) is 0 Å². The Hall–Kier alpha value is -1.24. The molecule has 3 fully saturated rings. The number of carbonyl (C=O) groups excluding carboxylic acids is 2. The van der Waals surface area contributed by atoms with Gasteiger partial charge in [0.2, 0.25) is 0 Å². The Balaban J connectivity index is 0.000000515. The van der Waals surface area contributed by atoms with Crippen LogP contribution >= 0.6 is 36.0 Å². The first-order valence-electron chi connectivity index (χ1n) is 11.9. The molecule has 0 spiro atoms. The maximum Gasteiger partial charge on any atom is 1.00 e. The summed E-state index contributed by atoms with van der Waals surface area (Å²) < 4.78 is 0. The van der Waals surface area contributed by atoms with Crippen molar-refractivity contribution in [3.63, 3.8) is 0 Å². The number of rotatable bonds is 4. The molecule has 0 atom stereocenters. The van der Waals surface area contributed by atoms with Crippen molar-refractivity contribution in [1.82, 2.24) is 16.0 Å².